The fraction of sp³-hybridized carbons (Fsp3) is 0.643. The van der Waals surface area contributed by atoms with E-state index in [9.17, 15) is 0 Å². The smallest absolute Gasteiger partial charge is 0.0472 e. The molecule has 0 aliphatic carbocycles. The van der Waals surface area contributed by atoms with Crippen molar-refractivity contribution in [2.75, 3.05) is 0 Å². The van der Waals surface area contributed by atoms with Crippen LogP contribution in [0.4, 0.5) is 0 Å². The fourth-order valence-corrected chi connectivity index (χ4v) is 2.26. The number of nitrogens with zero attached hydrogens (tertiary/aromatic N) is 1. The molecule has 0 atom stereocenters. The lowest BCUT2D eigenvalue weighted by molar-refractivity contribution is 0.565. The minimum Gasteiger partial charge on any atom is -0.258 e. The van der Waals surface area contributed by atoms with Gasteiger partial charge in [0.15, 0.2) is 0 Å². The van der Waals surface area contributed by atoms with Gasteiger partial charge in [0.25, 0.3) is 0 Å². The number of hydrogen-bond donors (Lipinski definition) is 0. The normalized spacial score (nSPS) is 12.3. The van der Waals surface area contributed by atoms with E-state index < -0.39 is 0 Å². The quantitative estimate of drug-likeness (QED) is 0.672. The highest BCUT2D eigenvalue weighted by molar-refractivity contribution is 5.38. The first-order valence-electron chi connectivity index (χ1n) is 5.72. The van der Waals surface area contributed by atoms with Crippen LogP contribution in [0.2, 0.25) is 0 Å². The summed E-state index contributed by atoms with van der Waals surface area (Å²) in [7, 11) is 0. The maximum atomic E-state index is 4.70. The zero-order chi connectivity index (χ0) is 11.8. The molecule has 1 heterocycles. The third kappa shape index (κ3) is 2.58. The van der Waals surface area contributed by atoms with Crippen LogP contribution in [0.3, 0.4) is 0 Å². The summed E-state index contributed by atoms with van der Waals surface area (Å²) in [6.07, 6.45) is 0. The molecule has 0 bridgehead atoms. The number of aromatic nitrogens is 1. The molecule has 1 nitrogen and oxygen atoms in total. The van der Waals surface area contributed by atoms with Crippen molar-refractivity contribution in [3.8, 4) is 0 Å². The number of rotatable bonds is 1. The van der Waals surface area contributed by atoms with Gasteiger partial charge in [0.05, 0.1) is 0 Å². The van der Waals surface area contributed by atoms with Crippen molar-refractivity contribution in [1.29, 1.82) is 0 Å². The van der Waals surface area contributed by atoms with Crippen LogP contribution >= 0.6 is 0 Å². The van der Waals surface area contributed by atoms with Gasteiger partial charge in [-0.3, -0.25) is 4.98 Å². The SMILES string of the molecule is Cc1cc(C)c(C(C)(C)C)c(C(C)C)n1. The second kappa shape index (κ2) is 3.96. The Morgan fingerprint density at radius 1 is 1.13 bits per heavy atom. The largest absolute Gasteiger partial charge is 0.258 e. The molecule has 1 aromatic rings. The Kier molecular flexibility index (Phi) is 3.22. The van der Waals surface area contributed by atoms with Gasteiger partial charge in [0, 0.05) is 11.4 Å². The van der Waals surface area contributed by atoms with Gasteiger partial charge in [-0.25, -0.2) is 0 Å². The zero-order valence-electron chi connectivity index (χ0n) is 11.1. The molecule has 0 aromatic carbocycles. The number of pyridine rings is 1. The summed E-state index contributed by atoms with van der Waals surface area (Å²) in [6.45, 7) is 15.5. The highest BCUT2D eigenvalue weighted by atomic mass is 14.7. The first-order chi connectivity index (χ1) is 6.73. The standard InChI is InChI=1S/C14H23N/c1-9(2)13-12(14(5,6)7)10(3)8-11(4)15-13/h8-9H,1-7H3. The number of aryl methyl sites for hydroxylation is 2. The van der Waals surface area contributed by atoms with Crippen molar-refractivity contribution in [1.82, 2.24) is 4.98 Å². The van der Waals surface area contributed by atoms with E-state index in [1.54, 1.807) is 0 Å². The summed E-state index contributed by atoms with van der Waals surface area (Å²) in [5, 5.41) is 0. The van der Waals surface area contributed by atoms with E-state index in [0.29, 0.717) is 5.92 Å². The summed E-state index contributed by atoms with van der Waals surface area (Å²) in [5.41, 5.74) is 5.37. The van der Waals surface area contributed by atoms with E-state index in [-0.39, 0.29) is 5.41 Å². The molecular weight excluding hydrogens is 182 g/mol. The first kappa shape index (κ1) is 12.2. The van der Waals surface area contributed by atoms with Crippen molar-refractivity contribution in [3.05, 3.63) is 28.6 Å². The average Bonchev–Trinajstić information content (AvgIpc) is 1.99. The van der Waals surface area contributed by atoms with Gasteiger partial charge in [0.2, 0.25) is 0 Å². The van der Waals surface area contributed by atoms with Crippen molar-refractivity contribution in [3.63, 3.8) is 0 Å². The highest BCUT2D eigenvalue weighted by Crippen LogP contribution is 2.32. The first-order valence-corrected chi connectivity index (χ1v) is 5.72. The molecule has 0 spiro atoms. The molecule has 84 valence electrons. The van der Waals surface area contributed by atoms with Gasteiger partial charge < -0.3 is 0 Å². The molecule has 1 heteroatoms. The van der Waals surface area contributed by atoms with Crippen molar-refractivity contribution >= 4 is 0 Å². The predicted octanol–water partition coefficient (Wildman–Crippen LogP) is 4.12. The maximum absolute atomic E-state index is 4.70. The maximum Gasteiger partial charge on any atom is 0.0472 e. The summed E-state index contributed by atoms with van der Waals surface area (Å²) in [5.74, 6) is 0.498. The van der Waals surface area contributed by atoms with Crippen LogP contribution in [-0.4, -0.2) is 4.98 Å². The van der Waals surface area contributed by atoms with Crippen molar-refractivity contribution in [2.45, 2.75) is 59.8 Å². The van der Waals surface area contributed by atoms with Gasteiger partial charge >= 0.3 is 0 Å². The molecule has 15 heavy (non-hydrogen) atoms. The lowest BCUT2D eigenvalue weighted by Crippen LogP contribution is -2.18. The molecule has 1 aromatic heterocycles. The van der Waals surface area contributed by atoms with Crippen LogP contribution in [-0.2, 0) is 5.41 Å². The zero-order valence-corrected chi connectivity index (χ0v) is 11.1. The summed E-state index contributed by atoms with van der Waals surface area (Å²) >= 11 is 0. The Hall–Kier alpha value is -0.850. The summed E-state index contributed by atoms with van der Waals surface area (Å²) in [6, 6.07) is 2.19. The fourth-order valence-electron chi connectivity index (χ4n) is 2.26. The Balaban J connectivity index is 3.48. The second-order valence-corrected chi connectivity index (χ2v) is 5.75. The molecule has 0 aliphatic heterocycles. The van der Waals surface area contributed by atoms with Crippen LogP contribution in [0.15, 0.2) is 6.07 Å². The van der Waals surface area contributed by atoms with Crippen LogP contribution in [0.25, 0.3) is 0 Å². The molecule has 0 radical (unpaired) electrons. The molecule has 0 saturated carbocycles. The topological polar surface area (TPSA) is 12.9 Å². The van der Waals surface area contributed by atoms with Crippen molar-refractivity contribution in [2.24, 2.45) is 0 Å². The van der Waals surface area contributed by atoms with Crippen LogP contribution in [0.5, 0.6) is 0 Å². The van der Waals surface area contributed by atoms with E-state index in [0.717, 1.165) is 5.69 Å². The second-order valence-electron chi connectivity index (χ2n) is 5.75. The molecule has 1 rings (SSSR count). The molecule has 0 aliphatic rings. The molecular formula is C14H23N. The Morgan fingerprint density at radius 2 is 1.67 bits per heavy atom. The monoisotopic (exact) mass is 205 g/mol. The van der Waals surface area contributed by atoms with E-state index in [1.165, 1.54) is 16.8 Å². The van der Waals surface area contributed by atoms with Crippen molar-refractivity contribution < 1.29 is 0 Å². The van der Waals surface area contributed by atoms with Gasteiger partial charge in [-0.2, -0.15) is 0 Å². The predicted molar refractivity (Wildman–Crippen MR) is 66.5 cm³/mol. The third-order valence-electron chi connectivity index (χ3n) is 2.67. The lowest BCUT2D eigenvalue weighted by atomic mass is 9.80. The Morgan fingerprint density at radius 3 is 2.07 bits per heavy atom. The molecule has 0 unspecified atom stereocenters. The minimum atomic E-state index is 0.185. The van der Waals surface area contributed by atoms with E-state index >= 15 is 0 Å². The highest BCUT2D eigenvalue weighted by Gasteiger charge is 2.22. The average molecular weight is 205 g/mol. The molecule has 0 N–H and O–H groups in total. The lowest BCUT2D eigenvalue weighted by Gasteiger charge is -2.26. The molecule has 0 fully saturated rings. The molecule has 0 saturated heterocycles. The van der Waals surface area contributed by atoms with Gasteiger partial charge in [-0.15, -0.1) is 0 Å². The van der Waals surface area contributed by atoms with Crippen LogP contribution < -0.4 is 0 Å². The van der Waals surface area contributed by atoms with Crippen LogP contribution in [0, 0.1) is 13.8 Å². The molecule has 0 amide bonds. The summed E-state index contributed by atoms with van der Waals surface area (Å²) < 4.78 is 0. The van der Waals surface area contributed by atoms with E-state index in [1.807, 2.05) is 0 Å². The Bertz CT molecular complexity index is 356. The van der Waals surface area contributed by atoms with Crippen LogP contribution in [0.1, 0.15) is 63.1 Å². The Labute approximate surface area is 93.9 Å². The number of hydrogen-bond acceptors (Lipinski definition) is 1. The third-order valence-corrected chi connectivity index (χ3v) is 2.67. The summed E-state index contributed by atoms with van der Waals surface area (Å²) in [4.78, 5) is 4.70. The van der Waals surface area contributed by atoms with Gasteiger partial charge in [-0.05, 0) is 42.4 Å². The van der Waals surface area contributed by atoms with E-state index in [2.05, 4.69) is 54.5 Å². The van der Waals surface area contributed by atoms with E-state index in [4.69, 9.17) is 4.98 Å². The van der Waals surface area contributed by atoms with Gasteiger partial charge in [-0.1, -0.05) is 34.6 Å². The van der Waals surface area contributed by atoms with Gasteiger partial charge in [0.1, 0.15) is 0 Å². The minimum absolute atomic E-state index is 0.185.